The molecule has 0 aromatic heterocycles. The van der Waals surface area contributed by atoms with Gasteiger partial charge < -0.3 is 15.0 Å². The van der Waals surface area contributed by atoms with Crippen molar-refractivity contribution in [3.05, 3.63) is 0 Å². The first-order valence-electron chi connectivity index (χ1n) is 8.87. The van der Waals surface area contributed by atoms with Gasteiger partial charge in [-0.05, 0) is 46.5 Å². The van der Waals surface area contributed by atoms with Crippen molar-refractivity contribution in [2.45, 2.75) is 83.2 Å². The molecule has 2 rings (SSSR count). The number of halogens is 3. The molecular weight excluding hydrogens is 321 g/mol. The predicted octanol–water partition coefficient (Wildman–Crippen LogP) is 4.10. The van der Waals surface area contributed by atoms with E-state index in [0.29, 0.717) is 25.9 Å². The van der Waals surface area contributed by atoms with Crippen molar-refractivity contribution in [1.29, 1.82) is 0 Å². The van der Waals surface area contributed by atoms with Gasteiger partial charge >= 0.3 is 12.3 Å². The number of amides is 1. The van der Waals surface area contributed by atoms with Crippen LogP contribution < -0.4 is 5.32 Å². The summed E-state index contributed by atoms with van der Waals surface area (Å²) in [5.74, 6) is -1.28. The Labute approximate surface area is 142 Å². The van der Waals surface area contributed by atoms with Crippen molar-refractivity contribution in [2.24, 2.45) is 5.92 Å². The molecule has 0 spiro atoms. The van der Waals surface area contributed by atoms with E-state index in [1.165, 1.54) is 0 Å². The second-order valence-electron chi connectivity index (χ2n) is 7.90. The molecule has 2 aliphatic rings. The molecule has 0 aliphatic heterocycles. The lowest BCUT2D eigenvalue weighted by Crippen LogP contribution is -2.48. The highest BCUT2D eigenvalue weighted by Gasteiger charge is 2.45. The van der Waals surface area contributed by atoms with E-state index in [4.69, 9.17) is 4.74 Å². The molecule has 0 aromatic rings. The number of carbonyl (C=O) groups is 1. The molecule has 0 radical (unpaired) electrons. The molecule has 2 unspecified atom stereocenters. The average molecular weight is 350 g/mol. The fraction of sp³-hybridized carbons (Fsp3) is 0.941. The van der Waals surface area contributed by atoms with Crippen molar-refractivity contribution in [3.8, 4) is 0 Å². The maximum atomic E-state index is 13.1. The van der Waals surface area contributed by atoms with Gasteiger partial charge in [-0.2, -0.15) is 13.2 Å². The third kappa shape index (κ3) is 5.83. The van der Waals surface area contributed by atoms with Gasteiger partial charge in [-0.25, -0.2) is 4.79 Å². The molecule has 0 bridgehead atoms. The van der Waals surface area contributed by atoms with Crippen molar-refractivity contribution < 1.29 is 22.7 Å². The first kappa shape index (κ1) is 19.3. The Hall–Kier alpha value is -0.980. The van der Waals surface area contributed by atoms with E-state index >= 15 is 0 Å². The van der Waals surface area contributed by atoms with Gasteiger partial charge in [-0.1, -0.05) is 12.8 Å². The Morgan fingerprint density at radius 1 is 1.12 bits per heavy atom. The van der Waals surface area contributed by atoms with E-state index in [-0.39, 0.29) is 18.6 Å². The van der Waals surface area contributed by atoms with Crippen LogP contribution in [0.15, 0.2) is 0 Å². The number of nitrogens with one attached hydrogen (secondary N) is 1. The first-order chi connectivity index (χ1) is 11.1. The first-order valence-corrected chi connectivity index (χ1v) is 8.87. The lowest BCUT2D eigenvalue weighted by atomic mass is 9.84. The quantitative estimate of drug-likeness (QED) is 0.812. The number of hydrogen-bond acceptors (Lipinski definition) is 3. The topological polar surface area (TPSA) is 41.6 Å². The van der Waals surface area contributed by atoms with E-state index in [9.17, 15) is 18.0 Å². The summed E-state index contributed by atoms with van der Waals surface area (Å²) in [4.78, 5) is 13.9. The second-order valence-corrected chi connectivity index (χ2v) is 7.90. The second kappa shape index (κ2) is 7.50. The van der Waals surface area contributed by atoms with Crippen LogP contribution in [0.1, 0.15) is 59.3 Å². The molecule has 2 aliphatic carbocycles. The number of alkyl halides is 3. The minimum atomic E-state index is -4.15. The zero-order valence-electron chi connectivity index (χ0n) is 14.8. The van der Waals surface area contributed by atoms with Crippen LogP contribution >= 0.6 is 0 Å². The molecule has 140 valence electrons. The van der Waals surface area contributed by atoms with Crippen LogP contribution in [0.5, 0.6) is 0 Å². The van der Waals surface area contributed by atoms with Gasteiger partial charge in [0.05, 0.1) is 5.92 Å². The van der Waals surface area contributed by atoms with Crippen molar-refractivity contribution >= 4 is 6.09 Å². The monoisotopic (exact) mass is 350 g/mol. The van der Waals surface area contributed by atoms with E-state index in [2.05, 4.69) is 5.32 Å². The molecule has 1 amide bonds. The Morgan fingerprint density at radius 2 is 1.75 bits per heavy atom. The fourth-order valence-corrected chi connectivity index (χ4v) is 3.27. The molecule has 0 aromatic carbocycles. The maximum Gasteiger partial charge on any atom is 0.410 e. The number of ether oxygens (including phenoxy) is 1. The lowest BCUT2D eigenvalue weighted by molar-refractivity contribution is -0.188. The van der Waals surface area contributed by atoms with E-state index < -0.39 is 23.7 Å². The maximum absolute atomic E-state index is 13.1. The summed E-state index contributed by atoms with van der Waals surface area (Å²) in [6.07, 6.45) is -0.458. The third-order valence-electron chi connectivity index (χ3n) is 4.56. The van der Waals surface area contributed by atoms with E-state index in [1.54, 1.807) is 4.90 Å². The van der Waals surface area contributed by atoms with Gasteiger partial charge in [0.2, 0.25) is 0 Å². The largest absolute Gasteiger partial charge is 0.444 e. The minimum Gasteiger partial charge on any atom is -0.444 e. The van der Waals surface area contributed by atoms with Crippen LogP contribution in [0.25, 0.3) is 0 Å². The van der Waals surface area contributed by atoms with Gasteiger partial charge in [-0.3, -0.25) is 0 Å². The Balaban J connectivity index is 1.85. The molecule has 2 saturated carbocycles. The van der Waals surface area contributed by atoms with Gasteiger partial charge in [0.25, 0.3) is 0 Å². The molecular formula is C17H29F3N2O2. The highest BCUT2D eigenvalue weighted by Crippen LogP contribution is 2.37. The van der Waals surface area contributed by atoms with E-state index in [1.807, 2.05) is 20.8 Å². The van der Waals surface area contributed by atoms with Crippen molar-refractivity contribution in [1.82, 2.24) is 10.2 Å². The molecule has 4 nitrogen and oxygen atoms in total. The highest BCUT2D eigenvalue weighted by molar-refractivity contribution is 5.69. The standard InChI is InChI=1S/C17H29F3N2O2/c1-16(2,3)24-15(23)22(12-8-9-12)11-10-21-14-7-5-4-6-13(14)17(18,19)20/h12-14,21H,4-11H2,1-3H3. The number of hydrogen-bond donors (Lipinski definition) is 1. The summed E-state index contributed by atoms with van der Waals surface area (Å²) in [6, 6.07) is -0.371. The molecule has 24 heavy (non-hydrogen) atoms. The van der Waals surface area contributed by atoms with Crippen LogP contribution in [0.4, 0.5) is 18.0 Å². The Bertz CT molecular complexity index is 431. The average Bonchev–Trinajstić information content (AvgIpc) is 3.25. The van der Waals surface area contributed by atoms with Gasteiger partial charge in [0.1, 0.15) is 5.60 Å². The van der Waals surface area contributed by atoms with Crippen LogP contribution in [-0.2, 0) is 4.74 Å². The Morgan fingerprint density at radius 3 is 2.29 bits per heavy atom. The molecule has 1 N–H and O–H groups in total. The fourth-order valence-electron chi connectivity index (χ4n) is 3.27. The van der Waals surface area contributed by atoms with Crippen molar-refractivity contribution in [3.63, 3.8) is 0 Å². The van der Waals surface area contributed by atoms with Gasteiger partial charge in [-0.15, -0.1) is 0 Å². The summed E-state index contributed by atoms with van der Waals surface area (Å²) >= 11 is 0. The van der Waals surface area contributed by atoms with Gasteiger partial charge in [0, 0.05) is 25.2 Å². The van der Waals surface area contributed by atoms with Crippen LogP contribution in [0, 0.1) is 5.92 Å². The molecule has 7 heteroatoms. The number of rotatable bonds is 5. The van der Waals surface area contributed by atoms with Crippen LogP contribution in [0.3, 0.4) is 0 Å². The third-order valence-corrected chi connectivity index (χ3v) is 4.56. The molecule has 0 saturated heterocycles. The smallest absolute Gasteiger partial charge is 0.410 e. The summed E-state index contributed by atoms with van der Waals surface area (Å²) in [5.41, 5.74) is -0.567. The summed E-state index contributed by atoms with van der Waals surface area (Å²) in [6.45, 7) is 6.19. The lowest BCUT2D eigenvalue weighted by Gasteiger charge is -2.34. The summed E-state index contributed by atoms with van der Waals surface area (Å²) in [5, 5.41) is 3.04. The summed E-state index contributed by atoms with van der Waals surface area (Å²) < 4.78 is 44.7. The normalized spacial score (nSPS) is 25.4. The molecule has 0 heterocycles. The number of carbonyl (C=O) groups excluding carboxylic acids is 1. The zero-order chi connectivity index (χ0) is 18.0. The van der Waals surface area contributed by atoms with Crippen molar-refractivity contribution in [2.75, 3.05) is 13.1 Å². The minimum absolute atomic E-state index is 0.173. The Kier molecular flexibility index (Phi) is 6.04. The van der Waals surface area contributed by atoms with Crippen LogP contribution in [-0.4, -0.2) is 47.9 Å². The van der Waals surface area contributed by atoms with E-state index in [0.717, 1.165) is 19.3 Å². The van der Waals surface area contributed by atoms with Crippen LogP contribution in [0.2, 0.25) is 0 Å². The number of nitrogens with zero attached hydrogens (tertiary/aromatic N) is 1. The SMILES string of the molecule is CC(C)(C)OC(=O)N(CCNC1CCCCC1C(F)(F)F)C1CC1. The summed E-state index contributed by atoms with van der Waals surface area (Å²) in [7, 11) is 0. The predicted molar refractivity (Wildman–Crippen MR) is 85.8 cm³/mol. The zero-order valence-corrected chi connectivity index (χ0v) is 14.8. The molecule has 2 atom stereocenters. The molecule has 2 fully saturated rings. The highest BCUT2D eigenvalue weighted by atomic mass is 19.4. The van der Waals surface area contributed by atoms with Gasteiger partial charge in [0.15, 0.2) is 0 Å².